The molecule has 174 valence electrons. The highest BCUT2D eigenvalue weighted by Gasteiger charge is 2.55. The van der Waals surface area contributed by atoms with Gasteiger partial charge >= 0.3 is 0 Å². The molecule has 2 aromatic carbocycles. The second kappa shape index (κ2) is 8.32. The van der Waals surface area contributed by atoms with Crippen molar-refractivity contribution in [2.45, 2.75) is 45.5 Å². The number of carbonyl (C=O) groups excluding carboxylic acids is 2. The third-order valence-electron chi connectivity index (χ3n) is 5.52. The number of benzene rings is 2. The number of imide groups is 1. The van der Waals surface area contributed by atoms with E-state index in [0.29, 0.717) is 11.4 Å². The van der Waals surface area contributed by atoms with Crippen molar-refractivity contribution in [3.8, 4) is 17.1 Å². The van der Waals surface area contributed by atoms with E-state index in [1.54, 1.807) is 6.92 Å². The van der Waals surface area contributed by atoms with Gasteiger partial charge in [0.05, 0.1) is 11.8 Å². The Labute approximate surface area is 194 Å². The fraction of sp³-hybridized carbons (Fsp3) is 0.304. The summed E-state index contributed by atoms with van der Waals surface area (Å²) >= 11 is 0. The molecule has 2 amide bonds. The summed E-state index contributed by atoms with van der Waals surface area (Å²) < 4.78 is 25.0. The molecule has 0 bridgehead atoms. The molecule has 0 radical (unpaired) electrons. The zero-order chi connectivity index (χ0) is 24.0. The Hall–Kier alpha value is -4.15. The maximum Gasteiger partial charge on any atom is 0.263 e. The topological polar surface area (TPSA) is 113 Å². The molecule has 11 heteroatoms. The number of aromatic nitrogens is 2. The van der Waals surface area contributed by atoms with Gasteiger partial charge in [-0.3, -0.25) is 14.6 Å². The smallest absolute Gasteiger partial charge is 0.263 e. The van der Waals surface area contributed by atoms with Crippen molar-refractivity contribution < 1.29 is 23.2 Å². The van der Waals surface area contributed by atoms with Gasteiger partial charge in [-0.15, -0.1) is 0 Å². The molecular weight excluding hydrogens is 443 g/mol. The van der Waals surface area contributed by atoms with E-state index < -0.39 is 29.7 Å². The van der Waals surface area contributed by atoms with E-state index in [2.05, 4.69) is 20.5 Å². The Balaban J connectivity index is 1.31. The van der Waals surface area contributed by atoms with Crippen LogP contribution in [0.25, 0.3) is 11.4 Å². The fourth-order valence-corrected chi connectivity index (χ4v) is 3.86. The fourth-order valence-electron chi connectivity index (χ4n) is 3.86. The summed E-state index contributed by atoms with van der Waals surface area (Å²) in [6.07, 6.45) is 0.0622. The SMILES string of the molecule is Cc1ccc(N2C(=O)C3N=NN(Cc4nc(-c5ccc(OC(C)C)cc5)no4)C3C2=O)cc1F. The Morgan fingerprint density at radius 1 is 1.12 bits per heavy atom. The molecule has 1 aromatic heterocycles. The summed E-state index contributed by atoms with van der Waals surface area (Å²) in [6, 6.07) is 9.50. The van der Waals surface area contributed by atoms with Crippen molar-refractivity contribution >= 4 is 17.5 Å². The highest BCUT2D eigenvalue weighted by Crippen LogP contribution is 2.33. The first-order chi connectivity index (χ1) is 16.3. The predicted molar refractivity (Wildman–Crippen MR) is 117 cm³/mol. The summed E-state index contributed by atoms with van der Waals surface area (Å²) in [5.41, 5.74) is 1.30. The highest BCUT2D eigenvalue weighted by molar-refractivity contribution is 6.25. The largest absolute Gasteiger partial charge is 0.491 e. The first-order valence-electron chi connectivity index (χ1n) is 10.7. The first kappa shape index (κ1) is 21.7. The van der Waals surface area contributed by atoms with Gasteiger partial charge in [0.2, 0.25) is 11.7 Å². The van der Waals surface area contributed by atoms with Crippen LogP contribution in [0, 0.1) is 12.7 Å². The van der Waals surface area contributed by atoms with Crippen molar-refractivity contribution in [2.24, 2.45) is 10.3 Å². The van der Waals surface area contributed by atoms with Crippen molar-refractivity contribution in [3.05, 3.63) is 59.7 Å². The van der Waals surface area contributed by atoms with Gasteiger partial charge in [0.1, 0.15) is 18.1 Å². The molecule has 3 aromatic rings. The van der Waals surface area contributed by atoms with Gasteiger partial charge in [-0.05, 0) is 62.7 Å². The molecule has 2 aliphatic rings. The van der Waals surface area contributed by atoms with Crippen LogP contribution in [0.2, 0.25) is 0 Å². The molecule has 2 aliphatic heterocycles. The monoisotopic (exact) mass is 464 g/mol. The Bertz CT molecular complexity index is 1290. The minimum absolute atomic E-state index is 0.0126. The molecule has 1 saturated heterocycles. The Kier molecular flexibility index (Phi) is 5.31. The highest BCUT2D eigenvalue weighted by atomic mass is 19.1. The zero-order valence-corrected chi connectivity index (χ0v) is 18.7. The van der Waals surface area contributed by atoms with Gasteiger partial charge in [0.15, 0.2) is 12.1 Å². The van der Waals surface area contributed by atoms with Crippen molar-refractivity contribution in [2.75, 3.05) is 4.90 Å². The maximum atomic E-state index is 14.0. The van der Waals surface area contributed by atoms with Crippen LogP contribution < -0.4 is 9.64 Å². The zero-order valence-electron chi connectivity index (χ0n) is 18.7. The van der Waals surface area contributed by atoms with Crippen molar-refractivity contribution in [1.82, 2.24) is 15.1 Å². The number of anilines is 1. The standard InChI is InChI=1S/C23H21FN6O4/c1-12(2)33-16-8-5-14(6-9-16)21-25-18(34-27-21)11-29-20-19(26-28-29)22(31)30(23(20)32)15-7-4-13(3)17(24)10-15/h4-10,12,19-20H,11H2,1-3H3. The van der Waals surface area contributed by atoms with Crippen LogP contribution in [-0.4, -0.2) is 45.2 Å². The van der Waals surface area contributed by atoms with Crippen molar-refractivity contribution in [1.29, 1.82) is 0 Å². The van der Waals surface area contributed by atoms with E-state index >= 15 is 0 Å². The molecule has 34 heavy (non-hydrogen) atoms. The molecule has 0 spiro atoms. The van der Waals surface area contributed by atoms with Crippen molar-refractivity contribution in [3.63, 3.8) is 0 Å². The lowest BCUT2D eigenvalue weighted by Gasteiger charge is -2.19. The number of carbonyl (C=O) groups is 2. The van der Waals surface area contributed by atoms with Gasteiger partial charge in [-0.2, -0.15) is 10.1 Å². The first-order valence-corrected chi connectivity index (χ1v) is 10.7. The number of nitrogens with zero attached hydrogens (tertiary/aromatic N) is 6. The lowest BCUT2D eigenvalue weighted by atomic mass is 10.1. The number of hydrogen-bond acceptors (Lipinski definition) is 9. The normalized spacial score (nSPS) is 19.4. The third-order valence-corrected chi connectivity index (χ3v) is 5.52. The van der Waals surface area contributed by atoms with Gasteiger partial charge < -0.3 is 9.26 Å². The van der Waals surface area contributed by atoms with Crippen LogP contribution in [0.15, 0.2) is 57.3 Å². The number of aryl methyl sites for hydroxylation is 1. The average molecular weight is 464 g/mol. The number of rotatable bonds is 6. The summed E-state index contributed by atoms with van der Waals surface area (Å²) in [6.45, 7) is 5.48. The van der Waals surface area contributed by atoms with Crippen LogP contribution in [0.5, 0.6) is 5.75 Å². The van der Waals surface area contributed by atoms with Gasteiger partial charge in [0.25, 0.3) is 11.8 Å². The van der Waals surface area contributed by atoms with Crippen LogP contribution in [0.1, 0.15) is 25.3 Å². The van der Waals surface area contributed by atoms with Crippen LogP contribution in [0.4, 0.5) is 10.1 Å². The summed E-state index contributed by atoms with van der Waals surface area (Å²) in [7, 11) is 0. The maximum absolute atomic E-state index is 14.0. The molecule has 0 aliphatic carbocycles. The second-order valence-electron chi connectivity index (χ2n) is 8.34. The molecule has 5 rings (SSSR count). The molecule has 10 nitrogen and oxygen atoms in total. The number of halogens is 1. The van der Waals surface area contributed by atoms with Gasteiger partial charge in [-0.1, -0.05) is 16.4 Å². The van der Waals surface area contributed by atoms with Crippen LogP contribution in [-0.2, 0) is 16.1 Å². The average Bonchev–Trinajstić information content (AvgIpc) is 3.49. The molecule has 0 saturated carbocycles. The molecular formula is C23H21FN6O4. The number of ether oxygens (including phenoxy) is 1. The van der Waals surface area contributed by atoms with E-state index in [-0.39, 0.29) is 24.2 Å². The lowest BCUT2D eigenvalue weighted by molar-refractivity contribution is -0.123. The minimum Gasteiger partial charge on any atom is -0.491 e. The summed E-state index contributed by atoms with van der Waals surface area (Å²) in [4.78, 5) is 31.2. The number of hydrogen-bond donors (Lipinski definition) is 0. The van der Waals surface area contributed by atoms with Crippen LogP contribution >= 0.6 is 0 Å². The molecule has 2 atom stereocenters. The summed E-state index contributed by atoms with van der Waals surface area (Å²) in [5.74, 6) is -0.297. The molecule has 2 unspecified atom stereocenters. The van der Waals surface area contributed by atoms with E-state index in [0.717, 1.165) is 22.3 Å². The van der Waals surface area contributed by atoms with E-state index in [1.807, 2.05) is 38.1 Å². The Morgan fingerprint density at radius 2 is 1.88 bits per heavy atom. The summed E-state index contributed by atoms with van der Waals surface area (Å²) in [5, 5.41) is 13.3. The molecule has 3 heterocycles. The second-order valence-corrected chi connectivity index (χ2v) is 8.34. The van der Waals surface area contributed by atoms with E-state index in [4.69, 9.17) is 9.26 Å². The van der Waals surface area contributed by atoms with Crippen LogP contribution in [0.3, 0.4) is 0 Å². The number of fused-ring (bicyclic) bond motifs is 1. The third kappa shape index (κ3) is 3.78. The van der Waals surface area contributed by atoms with Gasteiger partial charge in [-0.25, -0.2) is 9.29 Å². The number of amides is 2. The molecule has 1 fully saturated rings. The van der Waals surface area contributed by atoms with E-state index in [1.165, 1.54) is 17.1 Å². The predicted octanol–water partition coefficient (Wildman–Crippen LogP) is 3.46. The minimum atomic E-state index is -1.01. The van der Waals surface area contributed by atoms with E-state index in [9.17, 15) is 14.0 Å². The quantitative estimate of drug-likeness (QED) is 0.513. The van der Waals surface area contributed by atoms with Gasteiger partial charge in [0, 0.05) is 5.56 Å². The molecule has 0 N–H and O–H groups in total. The Morgan fingerprint density at radius 3 is 2.59 bits per heavy atom. The lowest BCUT2D eigenvalue weighted by Crippen LogP contribution is -2.39.